The van der Waals surface area contributed by atoms with Gasteiger partial charge < -0.3 is 15.5 Å². The summed E-state index contributed by atoms with van der Waals surface area (Å²) in [5, 5.41) is 23.1. The van der Waals surface area contributed by atoms with Gasteiger partial charge in [0, 0.05) is 6.42 Å². The third kappa shape index (κ3) is 32.3. The normalized spacial score (nSPS) is 13.1. The lowest BCUT2D eigenvalue weighted by Gasteiger charge is -2.22. The molecule has 43 heavy (non-hydrogen) atoms. The van der Waals surface area contributed by atoms with Crippen molar-refractivity contribution in [2.45, 2.75) is 225 Å². The molecule has 4 heteroatoms. The summed E-state index contributed by atoms with van der Waals surface area (Å²) in [5.74, 6) is -0.0392. The van der Waals surface area contributed by atoms with Crippen LogP contribution in [0.4, 0.5) is 0 Å². The molecule has 4 nitrogen and oxygen atoms in total. The van der Waals surface area contributed by atoms with Gasteiger partial charge in [0.05, 0.1) is 18.8 Å². The zero-order valence-corrected chi connectivity index (χ0v) is 29.2. The topological polar surface area (TPSA) is 69.6 Å². The number of amides is 1. The lowest BCUT2D eigenvalue weighted by molar-refractivity contribution is -0.123. The monoisotopic (exact) mass is 608 g/mol. The van der Waals surface area contributed by atoms with Crippen molar-refractivity contribution in [3.8, 4) is 0 Å². The molecular formula is C39H77NO3. The van der Waals surface area contributed by atoms with Gasteiger partial charge in [0.2, 0.25) is 5.91 Å². The van der Waals surface area contributed by atoms with E-state index in [1.54, 1.807) is 0 Å². The van der Waals surface area contributed by atoms with Crippen LogP contribution >= 0.6 is 0 Å². The van der Waals surface area contributed by atoms with Crippen LogP contribution < -0.4 is 5.32 Å². The molecule has 0 aromatic carbocycles. The Morgan fingerprint density at radius 2 is 0.884 bits per heavy atom. The summed E-state index contributed by atoms with van der Waals surface area (Å²) in [6.45, 7) is 4.35. The zero-order valence-electron chi connectivity index (χ0n) is 29.2. The van der Waals surface area contributed by atoms with E-state index in [4.69, 9.17) is 0 Å². The fourth-order valence-electron chi connectivity index (χ4n) is 6.00. The minimum atomic E-state index is -0.675. The Kier molecular flexibility index (Phi) is 34.9. The van der Waals surface area contributed by atoms with Gasteiger partial charge in [-0.3, -0.25) is 4.79 Å². The second-order valence-corrected chi connectivity index (χ2v) is 13.4. The van der Waals surface area contributed by atoms with Crippen LogP contribution in [0.25, 0.3) is 0 Å². The van der Waals surface area contributed by atoms with Crippen molar-refractivity contribution < 1.29 is 15.0 Å². The van der Waals surface area contributed by atoms with E-state index >= 15 is 0 Å². The van der Waals surface area contributed by atoms with Gasteiger partial charge in [0.1, 0.15) is 0 Å². The van der Waals surface area contributed by atoms with Crippen LogP contribution in [0.2, 0.25) is 0 Å². The quantitative estimate of drug-likeness (QED) is 0.0496. The fourth-order valence-corrected chi connectivity index (χ4v) is 6.00. The van der Waals surface area contributed by atoms with Gasteiger partial charge in [0.15, 0.2) is 0 Å². The highest BCUT2D eigenvalue weighted by atomic mass is 16.3. The first-order valence-corrected chi connectivity index (χ1v) is 19.4. The van der Waals surface area contributed by atoms with E-state index in [9.17, 15) is 15.0 Å². The van der Waals surface area contributed by atoms with Crippen molar-refractivity contribution in [3.05, 3.63) is 12.2 Å². The second-order valence-electron chi connectivity index (χ2n) is 13.4. The van der Waals surface area contributed by atoms with Gasteiger partial charge in [-0.2, -0.15) is 0 Å². The number of carbonyl (C=O) groups excluding carboxylic acids is 1. The van der Waals surface area contributed by atoms with Gasteiger partial charge in [0.25, 0.3) is 0 Å². The summed E-state index contributed by atoms with van der Waals surface area (Å²) in [6.07, 6.45) is 42.7. The van der Waals surface area contributed by atoms with Gasteiger partial charge in [-0.05, 0) is 38.5 Å². The first kappa shape index (κ1) is 42.1. The average molecular weight is 608 g/mol. The zero-order chi connectivity index (χ0) is 31.5. The third-order valence-electron chi connectivity index (χ3n) is 9.03. The Balaban J connectivity index is 3.56. The molecule has 0 saturated carbocycles. The molecule has 0 aliphatic heterocycles. The maximum atomic E-state index is 12.3. The Morgan fingerprint density at radius 1 is 0.535 bits per heavy atom. The standard InChI is InChI=1S/C39H77NO3/c1-3-5-7-9-11-13-15-17-19-21-22-24-26-28-30-32-34-38(42)37(36-41)40-39(43)35-33-31-29-27-25-23-20-18-16-14-12-10-8-6-4-2/h24,26,37-38,41-42H,3-23,25,27-36H2,1-2H3,(H,40,43)/b26-24+/t37-,38+/m0/s1. The maximum Gasteiger partial charge on any atom is 0.220 e. The Morgan fingerprint density at radius 3 is 1.28 bits per heavy atom. The van der Waals surface area contributed by atoms with E-state index in [1.165, 1.54) is 154 Å². The molecule has 0 aromatic rings. The maximum absolute atomic E-state index is 12.3. The minimum Gasteiger partial charge on any atom is -0.394 e. The number of nitrogens with one attached hydrogen (secondary N) is 1. The molecule has 0 aromatic heterocycles. The van der Waals surface area contributed by atoms with E-state index in [-0.39, 0.29) is 12.5 Å². The van der Waals surface area contributed by atoms with Crippen molar-refractivity contribution in [3.63, 3.8) is 0 Å². The number of unbranched alkanes of at least 4 members (excludes halogenated alkanes) is 26. The number of rotatable bonds is 35. The molecule has 0 bridgehead atoms. The van der Waals surface area contributed by atoms with Crippen molar-refractivity contribution in [2.75, 3.05) is 6.61 Å². The molecule has 0 unspecified atom stereocenters. The molecular weight excluding hydrogens is 530 g/mol. The van der Waals surface area contributed by atoms with E-state index < -0.39 is 12.1 Å². The van der Waals surface area contributed by atoms with Crippen LogP contribution in [-0.2, 0) is 4.79 Å². The number of allylic oxidation sites excluding steroid dienone is 2. The molecule has 1 amide bonds. The highest BCUT2D eigenvalue weighted by Crippen LogP contribution is 2.15. The molecule has 0 rings (SSSR count). The van der Waals surface area contributed by atoms with Gasteiger partial charge >= 0.3 is 0 Å². The largest absolute Gasteiger partial charge is 0.394 e. The molecule has 0 saturated heterocycles. The lowest BCUT2D eigenvalue weighted by Crippen LogP contribution is -2.45. The predicted molar refractivity (Wildman–Crippen MR) is 189 cm³/mol. The molecule has 0 radical (unpaired) electrons. The van der Waals surface area contributed by atoms with Gasteiger partial charge in [-0.1, -0.05) is 180 Å². The number of hydrogen-bond donors (Lipinski definition) is 3. The van der Waals surface area contributed by atoms with Gasteiger partial charge in [-0.25, -0.2) is 0 Å². The van der Waals surface area contributed by atoms with E-state index in [1.807, 2.05) is 0 Å². The molecule has 0 heterocycles. The van der Waals surface area contributed by atoms with Crippen LogP contribution in [0, 0.1) is 0 Å². The summed E-state index contributed by atoms with van der Waals surface area (Å²) in [5.41, 5.74) is 0. The Hall–Kier alpha value is -0.870. The number of hydrogen-bond acceptors (Lipinski definition) is 3. The van der Waals surface area contributed by atoms with Crippen LogP contribution in [-0.4, -0.2) is 34.9 Å². The summed E-state index contributed by atoms with van der Waals surface area (Å²) in [4.78, 5) is 12.3. The first-order chi connectivity index (χ1) is 21.2. The molecule has 0 aliphatic carbocycles. The lowest BCUT2D eigenvalue weighted by atomic mass is 10.0. The van der Waals surface area contributed by atoms with E-state index in [2.05, 4.69) is 31.3 Å². The van der Waals surface area contributed by atoms with Crippen molar-refractivity contribution >= 4 is 5.91 Å². The van der Waals surface area contributed by atoms with Crippen LogP contribution in [0.3, 0.4) is 0 Å². The molecule has 0 aliphatic rings. The summed E-state index contributed by atoms with van der Waals surface area (Å²) < 4.78 is 0. The predicted octanol–water partition coefficient (Wildman–Crippen LogP) is 11.5. The van der Waals surface area contributed by atoms with E-state index in [0.717, 1.165) is 32.1 Å². The minimum absolute atomic E-state index is 0.0392. The molecule has 3 N–H and O–H groups in total. The summed E-state index contributed by atoms with van der Waals surface area (Å²) in [7, 11) is 0. The molecule has 0 fully saturated rings. The van der Waals surface area contributed by atoms with E-state index in [0.29, 0.717) is 12.8 Å². The molecule has 0 spiro atoms. The highest BCUT2D eigenvalue weighted by molar-refractivity contribution is 5.76. The Labute approximate surface area is 269 Å². The summed E-state index contributed by atoms with van der Waals surface area (Å²) >= 11 is 0. The van der Waals surface area contributed by atoms with Crippen LogP contribution in [0.15, 0.2) is 12.2 Å². The summed E-state index contributed by atoms with van der Waals surface area (Å²) in [6, 6.07) is -0.546. The number of aliphatic hydroxyl groups is 2. The smallest absolute Gasteiger partial charge is 0.220 e. The molecule has 256 valence electrons. The average Bonchev–Trinajstić information content (AvgIpc) is 3.01. The SMILES string of the molecule is CCCCCCCCCCCC/C=C/CCCC[C@@H](O)[C@H](CO)NC(=O)CCCCCCCCCCCCCCCCC. The Bertz CT molecular complexity index is 579. The second kappa shape index (κ2) is 35.6. The third-order valence-corrected chi connectivity index (χ3v) is 9.03. The van der Waals surface area contributed by atoms with Crippen molar-refractivity contribution in [2.24, 2.45) is 0 Å². The number of carbonyl (C=O) groups is 1. The van der Waals surface area contributed by atoms with Crippen LogP contribution in [0.5, 0.6) is 0 Å². The fraction of sp³-hybridized carbons (Fsp3) is 0.923. The van der Waals surface area contributed by atoms with Crippen molar-refractivity contribution in [1.29, 1.82) is 0 Å². The van der Waals surface area contributed by atoms with Crippen LogP contribution in [0.1, 0.15) is 213 Å². The van der Waals surface area contributed by atoms with Gasteiger partial charge in [-0.15, -0.1) is 0 Å². The molecule has 2 atom stereocenters. The highest BCUT2D eigenvalue weighted by Gasteiger charge is 2.19. The number of aliphatic hydroxyl groups excluding tert-OH is 2. The first-order valence-electron chi connectivity index (χ1n) is 19.4. The van der Waals surface area contributed by atoms with Crippen molar-refractivity contribution in [1.82, 2.24) is 5.32 Å².